The largest absolute Gasteiger partial charge is 0.401 e. The molecule has 0 amide bonds. The number of halogens is 1. The van der Waals surface area contributed by atoms with Crippen molar-refractivity contribution in [3.05, 3.63) is 64.6 Å². The van der Waals surface area contributed by atoms with Crippen molar-refractivity contribution in [2.24, 2.45) is 5.73 Å². The molecule has 3 aromatic rings. The number of hydrogen-bond acceptors (Lipinski definition) is 7. The number of ketones is 1. The van der Waals surface area contributed by atoms with Gasteiger partial charge in [-0.25, -0.2) is 0 Å². The number of carbonyl (C=O) groups is 1. The number of nitrogens with two attached hydrogens (primary N) is 1. The average Bonchev–Trinajstić information content (AvgIpc) is 3.13. The molecular weight excluding hydrogens is 408 g/mol. The van der Waals surface area contributed by atoms with E-state index >= 15 is 0 Å². The number of Topliss-reactive ketones (excluding diaryl/α,β-unsaturated/α-hetero) is 1. The summed E-state index contributed by atoms with van der Waals surface area (Å²) in [5.74, 6) is 0.241. The van der Waals surface area contributed by atoms with Crippen molar-refractivity contribution in [2.75, 3.05) is 5.75 Å². The predicted octanol–water partition coefficient (Wildman–Crippen LogP) is 3.71. The average molecular weight is 425 g/mol. The molecule has 2 N–H and O–H groups in total. The highest BCUT2D eigenvalue weighted by Gasteiger charge is 2.20. The van der Waals surface area contributed by atoms with Gasteiger partial charge in [-0.2, -0.15) is 5.26 Å². The summed E-state index contributed by atoms with van der Waals surface area (Å²) >= 11 is 7.50. The van der Waals surface area contributed by atoms with Crippen LogP contribution in [0.5, 0.6) is 0 Å². The predicted molar refractivity (Wildman–Crippen MR) is 113 cm³/mol. The number of nitrogens with zero attached hydrogens (tertiary/aromatic N) is 5. The number of rotatable bonds is 6. The van der Waals surface area contributed by atoms with Crippen molar-refractivity contribution in [3.63, 3.8) is 0 Å². The van der Waals surface area contributed by atoms with Gasteiger partial charge in [-0.05, 0) is 43.7 Å². The third kappa shape index (κ3) is 4.31. The van der Waals surface area contributed by atoms with Crippen LogP contribution in [-0.4, -0.2) is 31.3 Å². The van der Waals surface area contributed by atoms with Crippen molar-refractivity contribution in [1.82, 2.24) is 19.7 Å². The van der Waals surface area contributed by atoms with Gasteiger partial charge in [-0.15, -0.1) is 10.2 Å². The molecule has 0 unspecified atom stereocenters. The molecule has 9 heteroatoms. The number of nitriles is 1. The maximum Gasteiger partial charge on any atom is 0.196 e. The highest BCUT2D eigenvalue weighted by atomic mass is 35.5. The second-order valence-corrected chi connectivity index (χ2v) is 7.49. The molecule has 1 aromatic carbocycles. The number of pyridine rings is 1. The quantitative estimate of drug-likeness (QED) is 0.364. The zero-order valence-corrected chi connectivity index (χ0v) is 17.3. The normalized spacial score (nSPS) is 11.7. The molecule has 2 heterocycles. The van der Waals surface area contributed by atoms with E-state index in [0.29, 0.717) is 16.0 Å². The van der Waals surface area contributed by atoms with Crippen molar-refractivity contribution in [2.45, 2.75) is 19.0 Å². The fourth-order valence-corrected chi connectivity index (χ4v) is 3.67. The summed E-state index contributed by atoms with van der Waals surface area (Å²) in [5, 5.41) is 18.8. The topological polar surface area (TPSA) is 110 Å². The zero-order valence-electron chi connectivity index (χ0n) is 15.8. The van der Waals surface area contributed by atoms with Crippen LogP contribution in [0.25, 0.3) is 17.1 Å². The van der Waals surface area contributed by atoms with E-state index in [2.05, 4.69) is 15.2 Å². The lowest BCUT2D eigenvalue weighted by molar-refractivity contribution is -0.112. The zero-order chi connectivity index (χ0) is 21.0. The van der Waals surface area contributed by atoms with E-state index < -0.39 is 0 Å². The van der Waals surface area contributed by atoms with E-state index in [1.54, 1.807) is 18.5 Å². The summed E-state index contributed by atoms with van der Waals surface area (Å²) < 4.78 is 1.85. The van der Waals surface area contributed by atoms with Crippen LogP contribution < -0.4 is 5.73 Å². The Morgan fingerprint density at radius 1 is 1.28 bits per heavy atom. The van der Waals surface area contributed by atoms with Crippen molar-refractivity contribution in [1.29, 1.82) is 5.26 Å². The van der Waals surface area contributed by atoms with Crippen LogP contribution in [0.15, 0.2) is 59.2 Å². The third-order valence-electron chi connectivity index (χ3n) is 4.17. The van der Waals surface area contributed by atoms with Gasteiger partial charge in [0.2, 0.25) is 0 Å². The van der Waals surface area contributed by atoms with Gasteiger partial charge < -0.3 is 5.73 Å². The molecule has 0 bridgehead atoms. The lowest BCUT2D eigenvalue weighted by Crippen LogP contribution is -2.11. The SMILES string of the molecule is C/C(N)=C(\C#N)C(=O)CSc1nnc(-c2ccncc2)n1-c1cccc(Cl)c1C. The first-order valence-electron chi connectivity index (χ1n) is 8.57. The van der Waals surface area contributed by atoms with Crippen LogP contribution in [0.1, 0.15) is 12.5 Å². The van der Waals surface area contributed by atoms with Crippen LogP contribution in [-0.2, 0) is 4.79 Å². The monoisotopic (exact) mass is 424 g/mol. The third-order valence-corrected chi connectivity index (χ3v) is 5.51. The highest BCUT2D eigenvalue weighted by molar-refractivity contribution is 7.99. The molecule has 0 atom stereocenters. The van der Waals surface area contributed by atoms with Gasteiger partial charge in [0.15, 0.2) is 16.8 Å². The number of hydrogen-bond donors (Lipinski definition) is 1. The Bertz CT molecular complexity index is 1130. The maximum atomic E-state index is 12.4. The first kappa shape index (κ1) is 20.6. The minimum Gasteiger partial charge on any atom is -0.401 e. The Kier molecular flexibility index (Phi) is 6.32. The first-order valence-corrected chi connectivity index (χ1v) is 9.94. The van der Waals surface area contributed by atoms with E-state index in [1.807, 2.05) is 41.8 Å². The van der Waals surface area contributed by atoms with E-state index in [1.165, 1.54) is 18.7 Å². The van der Waals surface area contributed by atoms with Gasteiger partial charge in [0.05, 0.1) is 11.4 Å². The second kappa shape index (κ2) is 8.90. The number of allylic oxidation sites excluding steroid dienone is 2. The van der Waals surface area contributed by atoms with Gasteiger partial charge in [0.25, 0.3) is 0 Å². The molecule has 0 radical (unpaired) electrons. The fraction of sp³-hybridized carbons (Fsp3) is 0.150. The Morgan fingerprint density at radius 2 is 2.00 bits per heavy atom. The number of thioether (sulfide) groups is 1. The maximum absolute atomic E-state index is 12.4. The standard InChI is InChI=1S/C20H17ClN6OS/c1-12-16(21)4-3-5-17(12)27-19(14-6-8-24-9-7-14)25-26-20(27)29-11-18(28)15(10-22)13(2)23/h3-9H,11,23H2,1-2H3/b15-13-. The van der Waals surface area contributed by atoms with E-state index in [-0.39, 0.29) is 22.8 Å². The van der Waals surface area contributed by atoms with Crippen LogP contribution in [0.4, 0.5) is 0 Å². The van der Waals surface area contributed by atoms with E-state index in [0.717, 1.165) is 16.8 Å². The lowest BCUT2D eigenvalue weighted by Gasteiger charge is -2.13. The van der Waals surface area contributed by atoms with Crippen molar-refractivity contribution >= 4 is 29.1 Å². The summed E-state index contributed by atoms with van der Waals surface area (Å²) in [5.41, 5.74) is 8.26. The Balaban J connectivity index is 2.06. The molecule has 0 saturated heterocycles. The summed E-state index contributed by atoms with van der Waals surface area (Å²) in [4.78, 5) is 16.4. The van der Waals surface area contributed by atoms with Crippen LogP contribution in [0, 0.1) is 18.3 Å². The second-order valence-electron chi connectivity index (χ2n) is 6.14. The Labute approximate surface area is 177 Å². The number of benzene rings is 1. The summed E-state index contributed by atoms with van der Waals surface area (Å²) in [6.45, 7) is 3.43. The van der Waals surface area contributed by atoms with Gasteiger partial charge >= 0.3 is 0 Å². The molecule has 0 aliphatic rings. The molecule has 0 aliphatic carbocycles. The van der Waals surface area contributed by atoms with Gasteiger partial charge in [0.1, 0.15) is 11.6 Å². The molecular formula is C20H17ClN6OS. The van der Waals surface area contributed by atoms with Gasteiger partial charge in [0, 0.05) is 28.7 Å². The molecule has 0 saturated carbocycles. The minimum absolute atomic E-state index is 0.00548. The summed E-state index contributed by atoms with van der Waals surface area (Å²) in [6.07, 6.45) is 3.34. The molecule has 146 valence electrons. The molecule has 0 aliphatic heterocycles. The van der Waals surface area contributed by atoms with Crippen LogP contribution >= 0.6 is 23.4 Å². The summed E-state index contributed by atoms with van der Waals surface area (Å²) in [7, 11) is 0. The van der Waals surface area contributed by atoms with Gasteiger partial charge in [-0.1, -0.05) is 29.4 Å². The van der Waals surface area contributed by atoms with Gasteiger partial charge in [-0.3, -0.25) is 14.3 Å². The molecule has 29 heavy (non-hydrogen) atoms. The summed E-state index contributed by atoms with van der Waals surface area (Å²) in [6, 6.07) is 11.1. The molecule has 2 aromatic heterocycles. The number of carbonyl (C=O) groups excluding carboxylic acids is 1. The smallest absolute Gasteiger partial charge is 0.196 e. The van der Waals surface area contributed by atoms with Crippen LogP contribution in [0.3, 0.4) is 0 Å². The molecule has 3 rings (SSSR count). The molecule has 0 fully saturated rings. The fourth-order valence-electron chi connectivity index (χ4n) is 2.68. The number of aromatic nitrogens is 4. The van der Waals surface area contributed by atoms with Crippen LogP contribution in [0.2, 0.25) is 5.02 Å². The molecule has 0 spiro atoms. The minimum atomic E-state index is -0.361. The first-order chi connectivity index (χ1) is 13.9. The Morgan fingerprint density at radius 3 is 2.66 bits per heavy atom. The van der Waals surface area contributed by atoms with E-state index in [4.69, 9.17) is 22.6 Å². The Hall–Kier alpha value is -3.15. The van der Waals surface area contributed by atoms with Crippen molar-refractivity contribution < 1.29 is 4.79 Å². The van der Waals surface area contributed by atoms with E-state index in [9.17, 15) is 4.79 Å². The molecule has 7 nitrogen and oxygen atoms in total. The lowest BCUT2D eigenvalue weighted by atomic mass is 10.2. The van der Waals surface area contributed by atoms with Crippen molar-refractivity contribution in [3.8, 4) is 23.1 Å². The highest BCUT2D eigenvalue weighted by Crippen LogP contribution is 2.31.